The second kappa shape index (κ2) is 24.6. The fourth-order valence-electron chi connectivity index (χ4n) is 8.49. The molecule has 330 valence electrons. The van der Waals surface area contributed by atoms with Crippen LogP contribution in [0.5, 0.6) is 11.5 Å². The summed E-state index contributed by atoms with van der Waals surface area (Å²) in [5.41, 5.74) is 0. The topological polar surface area (TPSA) is 18.5 Å². The van der Waals surface area contributed by atoms with Crippen LogP contribution in [0.4, 0.5) is 0 Å². The van der Waals surface area contributed by atoms with E-state index in [9.17, 15) is 0 Å². The summed E-state index contributed by atoms with van der Waals surface area (Å²) in [4.78, 5) is 5.75. The Morgan fingerprint density at radius 1 is 0.467 bits per heavy atom. The van der Waals surface area contributed by atoms with E-state index in [1.165, 1.54) is 161 Å². The fourth-order valence-corrected chi connectivity index (χ4v) is 16.1. The molecule has 0 spiro atoms. The van der Waals surface area contributed by atoms with Crippen molar-refractivity contribution in [3.05, 3.63) is 35.0 Å². The summed E-state index contributed by atoms with van der Waals surface area (Å²) in [5.74, 6) is 7.19. The molecule has 0 aliphatic carbocycles. The van der Waals surface area contributed by atoms with Crippen LogP contribution >= 0.6 is 68.9 Å². The van der Waals surface area contributed by atoms with Gasteiger partial charge in [-0.2, -0.15) is 0 Å². The Bertz CT molecular complexity index is 1890. The molecule has 4 atom stereocenters. The minimum Gasteiger partial charge on any atom is -0.491 e. The van der Waals surface area contributed by atoms with E-state index in [1.807, 2.05) is 45.3 Å². The molecule has 4 aromatic heterocycles. The Morgan fingerprint density at radius 2 is 0.900 bits per heavy atom. The quantitative estimate of drug-likeness (QED) is 0.0436. The number of fused-ring (bicyclic) bond motifs is 4. The number of ether oxygens (including phenoxy) is 2. The van der Waals surface area contributed by atoms with Crippen LogP contribution in [0.1, 0.15) is 158 Å². The third-order valence-corrected chi connectivity index (χ3v) is 20.2. The zero-order chi connectivity index (χ0) is 42.4. The summed E-state index contributed by atoms with van der Waals surface area (Å²) in [6, 6.07) is 9.78. The molecular formula is C52H74O2S6. The van der Waals surface area contributed by atoms with Crippen LogP contribution in [0.2, 0.25) is 0 Å². The van der Waals surface area contributed by atoms with E-state index >= 15 is 0 Å². The van der Waals surface area contributed by atoms with Gasteiger partial charge in [-0.15, -0.1) is 68.9 Å². The summed E-state index contributed by atoms with van der Waals surface area (Å²) in [5, 5.41) is 10.00. The predicted octanol–water partition coefficient (Wildman–Crippen LogP) is 20.0. The molecule has 0 saturated heterocycles. The van der Waals surface area contributed by atoms with Crippen molar-refractivity contribution in [1.29, 1.82) is 0 Å². The molecule has 0 saturated carbocycles. The van der Waals surface area contributed by atoms with Gasteiger partial charge in [-0.3, -0.25) is 0 Å². The van der Waals surface area contributed by atoms with Gasteiger partial charge >= 0.3 is 0 Å². The molecule has 6 aromatic rings. The first-order chi connectivity index (χ1) is 29.4. The normalized spacial score (nSPS) is 14.2. The number of hydrogen-bond acceptors (Lipinski definition) is 8. The summed E-state index contributed by atoms with van der Waals surface area (Å²) >= 11 is 12.0. The van der Waals surface area contributed by atoms with Crippen molar-refractivity contribution in [3.63, 3.8) is 0 Å². The van der Waals surface area contributed by atoms with E-state index in [0.29, 0.717) is 11.8 Å². The number of thioether (sulfide) groups is 2. The van der Waals surface area contributed by atoms with Crippen LogP contribution in [-0.2, 0) is 0 Å². The van der Waals surface area contributed by atoms with E-state index in [-0.39, 0.29) is 0 Å². The van der Waals surface area contributed by atoms with E-state index in [1.54, 1.807) is 0 Å². The molecule has 60 heavy (non-hydrogen) atoms. The van der Waals surface area contributed by atoms with Gasteiger partial charge in [0.25, 0.3) is 0 Å². The molecule has 2 nitrogen and oxygen atoms in total. The molecule has 4 unspecified atom stereocenters. The highest BCUT2D eigenvalue weighted by Crippen LogP contribution is 2.54. The third kappa shape index (κ3) is 11.6. The number of unbranched alkanes of at least 4 members (excludes halogenated alkanes) is 4. The van der Waals surface area contributed by atoms with Crippen LogP contribution in [0, 0.1) is 23.7 Å². The average molecular weight is 924 g/mol. The molecule has 4 heterocycles. The van der Waals surface area contributed by atoms with Crippen molar-refractivity contribution in [2.45, 2.75) is 168 Å². The van der Waals surface area contributed by atoms with Crippen molar-refractivity contribution >= 4 is 109 Å². The number of hydrogen-bond donors (Lipinski definition) is 0. The number of benzene rings is 2. The molecule has 0 radical (unpaired) electrons. The smallest absolute Gasteiger partial charge is 0.146 e. The second-order valence-corrected chi connectivity index (χ2v) is 23.3. The molecule has 0 aliphatic rings. The summed E-state index contributed by atoms with van der Waals surface area (Å²) < 4.78 is 19.5. The highest BCUT2D eigenvalue weighted by molar-refractivity contribution is 8.00. The zero-order valence-electron chi connectivity index (χ0n) is 38.2. The predicted molar refractivity (Wildman–Crippen MR) is 279 cm³/mol. The molecule has 0 N–H and O–H groups in total. The van der Waals surface area contributed by atoms with Crippen LogP contribution in [0.25, 0.3) is 50.1 Å². The zero-order valence-corrected chi connectivity index (χ0v) is 43.1. The lowest BCUT2D eigenvalue weighted by Gasteiger charge is -2.19. The van der Waals surface area contributed by atoms with Crippen LogP contribution < -0.4 is 9.47 Å². The number of thiophene rings is 4. The standard InChI is InChI=1S/C52H74O2S6/c1-9-17-21-35(13-5)31-53-45-39-25-27-55-47(39)46(54-32-36(14-6)22-18-10-2)41-29-43(59-48(41)45)44-30-42-51(58-34-38(16-8)24-20-12-4)49-40(26-28-56-49)50(52(42)60-44)57-33-37(15-7)23-19-11-3/h25-30,35-38H,9-24,31-34H2,1-8H3. The Morgan fingerprint density at radius 3 is 1.42 bits per heavy atom. The second-order valence-electron chi connectivity index (χ2n) is 17.3. The highest BCUT2D eigenvalue weighted by Gasteiger charge is 2.26. The van der Waals surface area contributed by atoms with Crippen molar-refractivity contribution in [3.8, 4) is 21.3 Å². The van der Waals surface area contributed by atoms with Gasteiger partial charge in [-0.1, -0.05) is 132 Å². The van der Waals surface area contributed by atoms with Crippen molar-refractivity contribution in [2.24, 2.45) is 23.7 Å². The summed E-state index contributed by atoms with van der Waals surface area (Å²) in [6.45, 7) is 20.3. The van der Waals surface area contributed by atoms with Crippen LogP contribution in [-0.4, -0.2) is 24.7 Å². The Balaban J connectivity index is 1.49. The fraction of sp³-hybridized carbons (Fsp3) is 0.615. The maximum absolute atomic E-state index is 7.03. The van der Waals surface area contributed by atoms with E-state index in [0.717, 1.165) is 49.4 Å². The first kappa shape index (κ1) is 48.0. The van der Waals surface area contributed by atoms with E-state index < -0.39 is 0 Å². The molecule has 0 amide bonds. The maximum Gasteiger partial charge on any atom is 0.146 e. The van der Waals surface area contributed by atoms with Gasteiger partial charge in [0.05, 0.1) is 27.3 Å². The van der Waals surface area contributed by atoms with Crippen LogP contribution in [0.15, 0.2) is 44.8 Å². The van der Waals surface area contributed by atoms with Gasteiger partial charge in [0, 0.05) is 57.3 Å². The van der Waals surface area contributed by atoms with Crippen molar-refractivity contribution in [1.82, 2.24) is 0 Å². The Kier molecular flexibility index (Phi) is 19.7. The lowest BCUT2D eigenvalue weighted by molar-refractivity contribution is 0.235. The minimum atomic E-state index is 0.569. The SMILES string of the molecule is CCCCC(CC)COc1c2cc(-c3cc4c(SCC(CC)CCCC)c5sccc5c(SCC(CC)CCCC)c4s3)sc2c(OCC(CC)CCCC)c2ccsc12. The van der Waals surface area contributed by atoms with Crippen molar-refractivity contribution < 1.29 is 9.47 Å². The monoisotopic (exact) mass is 922 g/mol. The lowest BCUT2D eigenvalue weighted by atomic mass is 10.0. The van der Waals surface area contributed by atoms with Crippen LogP contribution in [0.3, 0.4) is 0 Å². The Hall–Kier alpha value is -1.42. The summed E-state index contributed by atoms with van der Waals surface area (Å²) in [6.07, 6.45) is 20.1. The van der Waals surface area contributed by atoms with Gasteiger partial charge in [0.15, 0.2) is 0 Å². The first-order valence-corrected chi connectivity index (χ1v) is 29.2. The molecule has 0 bridgehead atoms. The molecular weight excluding hydrogens is 849 g/mol. The Labute approximate surface area is 388 Å². The van der Waals surface area contributed by atoms with Gasteiger partial charge in [0.2, 0.25) is 0 Å². The van der Waals surface area contributed by atoms with E-state index in [4.69, 9.17) is 9.47 Å². The molecule has 2 aromatic carbocycles. The molecule has 0 aliphatic heterocycles. The third-order valence-electron chi connectivity index (χ3n) is 12.9. The van der Waals surface area contributed by atoms with Gasteiger partial charge in [0.1, 0.15) is 11.5 Å². The van der Waals surface area contributed by atoms with Gasteiger partial charge in [-0.25, -0.2) is 0 Å². The largest absolute Gasteiger partial charge is 0.491 e. The van der Waals surface area contributed by atoms with Crippen molar-refractivity contribution in [2.75, 3.05) is 24.7 Å². The average Bonchev–Trinajstić information content (AvgIpc) is 4.11. The molecule has 0 fully saturated rings. The van der Waals surface area contributed by atoms with Gasteiger partial charge < -0.3 is 9.47 Å². The molecule has 8 heteroatoms. The number of rotatable bonds is 29. The van der Waals surface area contributed by atoms with E-state index in [2.05, 4.69) is 114 Å². The minimum absolute atomic E-state index is 0.569. The lowest BCUT2D eigenvalue weighted by Crippen LogP contribution is -2.12. The first-order valence-electron chi connectivity index (χ1n) is 23.9. The highest BCUT2D eigenvalue weighted by atomic mass is 32.2. The maximum atomic E-state index is 7.03. The molecule has 6 rings (SSSR count). The summed E-state index contributed by atoms with van der Waals surface area (Å²) in [7, 11) is 0. The van der Waals surface area contributed by atoms with Gasteiger partial charge in [-0.05, 0) is 84.4 Å².